The molecule has 0 fully saturated rings. The van der Waals surface area contributed by atoms with Crippen molar-refractivity contribution in [3.63, 3.8) is 0 Å². The minimum Gasteiger partial charge on any atom is -0.481 e. The Labute approximate surface area is 132 Å². The van der Waals surface area contributed by atoms with E-state index in [2.05, 4.69) is 49.5 Å². The van der Waals surface area contributed by atoms with E-state index in [1.54, 1.807) is 0 Å². The van der Waals surface area contributed by atoms with Crippen molar-refractivity contribution < 1.29 is 9.90 Å². The second-order valence-electron chi connectivity index (χ2n) is 6.92. The van der Waals surface area contributed by atoms with Crippen LogP contribution in [0, 0.1) is 6.92 Å². The smallest absolute Gasteiger partial charge is 0.303 e. The summed E-state index contributed by atoms with van der Waals surface area (Å²) in [6.07, 6.45) is 1.92. The van der Waals surface area contributed by atoms with E-state index < -0.39 is 5.97 Å². The predicted molar refractivity (Wildman–Crippen MR) is 91.7 cm³/mol. The van der Waals surface area contributed by atoms with Crippen LogP contribution >= 0.6 is 0 Å². The number of hydrogen-bond donors (Lipinski definition) is 1. The standard InChI is InChI=1S/C18H26N2O2/c1-12-9-16-14(10-15(12)19-5)13(2)11-18(3,4)20(16)8-6-7-17(21)22/h9-10,13H,5-8,11H2,1-4H3,(H,21,22). The molecule has 0 bridgehead atoms. The van der Waals surface area contributed by atoms with Gasteiger partial charge in [0, 0.05) is 24.2 Å². The van der Waals surface area contributed by atoms with Crippen molar-refractivity contribution in [3.8, 4) is 0 Å². The lowest BCUT2D eigenvalue weighted by Crippen LogP contribution is -2.48. The summed E-state index contributed by atoms with van der Waals surface area (Å²) in [4.78, 5) is 17.3. The number of benzene rings is 1. The monoisotopic (exact) mass is 302 g/mol. The third kappa shape index (κ3) is 3.16. The van der Waals surface area contributed by atoms with Gasteiger partial charge in [-0.2, -0.15) is 0 Å². The van der Waals surface area contributed by atoms with Crippen molar-refractivity contribution in [2.75, 3.05) is 11.4 Å². The van der Waals surface area contributed by atoms with E-state index in [4.69, 9.17) is 5.11 Å². The maximum Gasteiger partial charge on any atom is 0.303 e. The Morgan fingerprint density at radius 1 is 1.50 bits per heavy atom. The Balaban J connectivity index is 2.40. The lowest BCUT2D eigenvalue weighted by molar-refractivity contribution is -0.137. The summed E-state index contributed by atoms with van der Waals surface area (Å²) < 4.78 is 0. The number of nitrogens with zero attached hydrogens (tertiary/aromatic N) is 2. The van der Waals surface area contributed by atoms with E-state index in [1.807, 2.05) is 6.92 Å². The van der Waals surface area contributed by atoms with Gasteiger partial charge in [-0.1, -0.05) is 6.92 Å². The summed E-state index contributed by atoms with van der Waals surface area (Å²) in [5, 5.41) is 8.88. The quantitative estimate of drug-likeness (QED) is 0.826. The van der Waals surface area contributed by atoms with Crippen molar-refractivity contribution in [2.24, 2.45) is 4.99 Å². The fraction of sp³-hybridized carbons (Fsp3) is 0.556. The molecule has 1 heterocycles. The van der Waals surface area contributed by atoms with Crippen LogP contribution in [0.3, 0.4) is 0 Å². The number of rotatable bonds is 5. The van der Waals surface area contributed by atoms with Crippen LogP contribution in [0.5, 0.6) is 0 Å². The first-order valence-corrected chi connectivity index (χ1v) is 7.87. The van der Waals surface area contributed by atoms with Crippen molar-refractivity contribution >= 4 is 24.1 Å². The molecule has 0 aromatic heterocycles. The number of carbonyl (C=O) groups is 1. The van der Waals surface area contributed by atoms with E-state index in [0.29, 0.717) is 12.3 Å². The molecule has 1 aromatic carbocycles. The van der Waals surface area contributed by atoms with Crippen LogP contribution in [0.25, 0.3) is 0 Å². The van der Waals surface area contributed by atoms with Gasteiger partial charge in [-0.15, -0.1) is 0 Å². The zero-order valence-electron chi connectivity index (χ0n) is 14.0. The first-order chi connectivity index (χ1) is 10.3. The van der Waals surface area contributed by atoms with Crippen LogP contribution in [0.4, 0.5) is 11.4 Å². The summed E-state index contributed by atoms with van der Waals surface area (Å²) in [5.74, 6) is -0.271. The molecule has 4 heteroatoms. The lowest BCUT2D eigenvalue weighted by atomic mass is 9.79. The van der Waals surface area contributed by atoms with Gasteiger partial charge in [0.2, 0.25) is 0 Å². The molecule has 120 valence electrons. The highest BCUT2D eigenvalue weighted by atomic mass is 16.4. The molecule has 1 aliphatic heterocycles. The Hall–Kier alpha value is -1.84. The van der Waals surface area contributed by atoms with E-state index >= 15 is 0 Å². The van der Waals surface area contributed by atoms with Gasteiger partial charge in [-0.05, 0) is 69.5 Å². The molecule has 0 spiro atoms. The van der Waals surface area contributed by atoms with E-state index in [1.165, 1.54) is 11.3 Å². The molecule has 1 aromatic rings. The van der Waals surface area contributed by atoms with Gasteiger partial charge >= 0.3 is 5.97 Å². The summed E-state index contributed by atoms with van der Waals surface area (Å²) in [5.41, 5.74) is 4.60. The first kappa shape index (κ1) is 16.5. The summed E-state index contributed by atoms with van der Waals surface area (Å²) >= 11 is 0. The van der Waals surface area contributed by atoms with E-state index in [-0.39, 0.29) is 12.0 Å². The SMILES string of the molecule is C=Nc1cc2c(cc1C)N(CCCC(=O)O)C(C)(C)CC2C. The molecule has 0 saturated heterocycles. The van der Waals surface area contributed by atoms with Gasteiger partial charge in [0.05, 0.1) is 5.69 Å². The molecule has 0 saturated carbocycles. The first-order valence-electron chi connectivity index (χ1n) is 7.87. The Kier molecular flexibility index (Phi) is 4.59. The molecule has 0 radical (unpaired) electrons. The molecule has 0 aliphatic carbocycles. The van der Waals surface area contributed by atoms with Gasteiger partial charge in [0.15, 0.2) is 0 Å². The zero-order chi connectivity index (χ0) is 16.5. The third-order valence-corrected chi connectivity index (χ3v) is 4.65. The van der Waals surface area contributed by atoms with Crippen LogP contribution in [-0.2, 0) is 4.79 Å². The number of hydrogen-bond acceptors (Lipinski definition) is 3. The number of carboxylic acids is 1. The minimum atomic E-state index is -0.731. The average Bonchev–Trinajstić information content (AvgIpc) is 2.41. The molecule has 1 aliphatic rings. The maximum atomic E-state index is 10.8. The number of aryl methyl sites for hydroxylation is 1. The molecular formula is C18H26N2O2. The van der Waals surface area contributed by atoms with Crippen molar-refractivity contribution in [2.45, 2.75) is 58.4 Å². The number of aliphatic imine (C=N–C) groups is 1. The molecule has 1 N–H and O–H groups in total. The highest BCUT2D eigenvalue weighted by Crippen LogP contribution is 2.45. The third-order valence-electron chi connectivity index (χ3n) is 4.65. The summed E-state index contributed by atoms with van der Waals surface area (Å²) in [7, 11) is 0. The fourth-order valence-electron chi connectivity index (χ4n) is 3.60. The number of carboxylic acid groups (broad SMARTS) is 1. The van der Waals surface area contributed by atoms with E-state index in [0.717, 1.165) is 24.2 Å². The topological polar surface area (TPSA) is 52.9 Å². The van der Waals surface area contributed by atoms with Gasteiger partial charge in [0.1, 0.15) is 0 Å². The van der Waals surface area contributed by atoms with Crippen LogP contribution in [0.2, 0.25) is 0 Å². The second kappa shape index (κ2) is 6.11. The molecule has 0 amide bonds. The van der Waals surface area contributed by atoms with Crippen molar-refractivity contribution in [3.05, 3.63) is 23.3 Å². The van der Waals surface area contributed by atoms with Gasteiger partial charge < -0.3 is 10.0 Å². The van der Waals surface area contributed by atoms with Gasteiger partial charge in [0.25, 0.3) is 0 Å². The molecule has 1 unspecified atom stereocenters. The van der Waals surface area contributed by atoms with E-state index in [9.17, 15) is 4.79 Å². The van der Waals surface area contributed by atoms with Crippen LogP contribution in [0.1, 0.15) is 57.1 Å². The normalized spacial score (nSPS) is 19.6. The number of fused-ring (bicyclic) bond motifs is 1. The maximum absolute atomic E-state index is 10.8. The zero-order valence-corrected chi connectivity index (χ0v) is 14.0. The molecule has 1 atom stereocenters. The Morgan fingerprint density at radius 3 is 2.77 bits per heavy atom. The second-order valence-corrected chi connectivity index (χ2v) is 6.92. The average molecular weight is 302 g/mol. The lowest BCUT2D eigenvalue weighted by Gasteiger charge is -2.48. The van der Waals surface area contributed by atoms with Crippen LogP contribution in [-0.4, -0.2) is 29.9 Å². The highest BCUT2D eigenvalue weighted by molar-refractivity contribution is 5.69. The Morgan fingerprint density at radius 2 is 2.18 bits per heavy atom. The predicted octanol–water partition coefficient (Wildman–Crippen LogP) is 4.28. The summed E-state index contributed by atoms with van der Waals surface area (Å²) in [6.45, 7) is 13.2. The van der Waals surface area contributed by atoms with Gasteiger partial charge in [-0.3, -0.25) is 9.79 Å². The van der Waals surface area contributed by atoms with Gasteiger partial charge in [-0.25, -0.2) is 0 Å². The largest absolute Gasteiger partial charge is 0.481 e. The molecular weight excluding hydrogens is 276 g/mol. The number of anilines is 1. The fourth-order valence-corrected chi connectivity index (χ4v) is 3.60. The van der Waals surface area contributed by atoms with Crippen LogP contribution < -0.4 is 4.90 Å². The number of aliphatic carboxylic acids is 1. The van der Waals surface area contributed by atoms with Crippen molar-refractivity contribution in [1.82, 2.24) is 0 Å². The van der Waals surface area contributed by atoms with Crippen molar-refractivity contribution in [1.29, 1.82) is 0 Å². The minimum absolute atomic E-state index is 0.0283. The molecule has 4 nitrogen and oxygen atoms in total. The highest BCUT2D eigenvalue weighted by Gasteiger charge is 2.36. The van der Waals surface area contributed by atoms with Crippen LogP contribution in [0.15, 0.2) is 17.1 Å². The molecule has 2 rings (SSSR count). The summed E-state index contributed by atoms with van der Waals surface area (Å²) in [6, 6.07) is 4.32. The Bertz CT molecular complexity index is 593. The molecule has 22 heavy (non-hydrogen) atoms.